The predicted molar refractivity (Wildman–Crippen MR) is 73.5 cm³/mol. The summed E-state index contributed by atoms with van der Waals surface area (Å²) in [5, 5.41) is 10.7. The average molecular weight is 287 g/mol. The van der Waals surface area contributed by atoms with Gasteiger partial charge in [-0.15, -0.1) is 0 Å². The van der Waals surface area contributed by atoms with Gasteiger partial charge in [0.25, 0.3) is 0 Å². The summed E-state index contributed by atoms with van der Waals surface area (Å²) in [4.78, 5) is 11.8. The Balaban J connectivity index is 2.48. The van der Waals surface area contributed by atoms with Crippen LogP contribution in [0.3, 0.4) is 0 Å². The number of benzene rings is 1. The SMILES string of the molecule is O=C(O)C1(c2ccc(Cl)cc2Cl)CCCCCC1. The molecule has 0 radical (unpaired) electrons. The molecule has 2 rings (SSSR count). The quantitative estimate of drug-likeness (QED) is 0.802. The van der Waals surface area contributed by atoms with E-state index < -0.39 is 11.4 Å². The topological polar surface area (TPSA) is 37.3 Å². The van der Waals surface area contributed by atoms with Crippen LogP contribution in [-0.4, -0.2) is 11.1 Å². The second kappa shape index (κ2) is 5.50. The largest absolute Gasteiger partial charge is 0.481 e. The minimum absolute atomic E-state index is 0.465. The summed E-state index contributed by atoms with van der Waals surface area (Å²) in [6.45, 7) is 0. The summed E-state index contributed by atoms with van der Waals surface area (Å²) in [6.07, 6.45) is 5.38. The Kier molecular flexibility index (Phi) is 4.18. The van der Waals surface area contributed by atoms with Crippen molar-refractivity contribution < 1.29 is 9.90 Å². The molecule has 1 saturated carbocycles. The smallest absolute Gasteiger partial charge is 0.314 e. The fourth-order valence-corrected chi connectivity index (χ4v) is 3.40. The zero-order valence-electron chi connectivity index (χ0n) is 10.1. The molecule has 0 heterocycles. The van der Waals surface area contributed by atoms with E-state index in [0.717, 1.165) is 25.7 Å². The van der Waals surface area contributed by atoms with Crippen LogP contribution in [0.15, 0.2) is 18.2 Å². The summed E-state index contributed by atoms with van der Waals surface area (Å²) in [7, 11) is 0. The van der Waals surface area contributed by atoms with E-state index in [2.05, 4.69) is 0 Å². The van der Waals surface area contributed by atoms with Gasteiger partial charge in [0.2, 0.25) is 0 Å². The van der Waals surface area contributed by atoms with Gasteiger partial charge in [-0.05, 0) is 30.5 Å². The lowest BCUT2D eigenvalue weighted by molar-refractivity contribution is -0.144. The minimum atomic E-state index is -0.835. The normalized spacial score (nSPS) is 19.2. The molecule has 1 aliphatic carbocycles. The zero-order chi connectivity index (χ0) is 13.2. The highest BCUT2D eigenvalue weighted by atomic mass is 35.5. The first-order valence-electron chi connectivity index (χ1n) is 6.25. The highest BCUT2D eigenvalue weighted by molar-refractivity contribution is 6.35. The number of carboxylic acid groups (broad SMARTS) is 1. The third kappa shape index (κ3) is 2.50. The number of hydrogen-bond acceptors (Lipinski definition) is 1. The predicted octanol–water partition coefficient (Wildman–Crippen LogP) is 4.67. The lowest BCUT2D eigenvalue weighted by atomic mass is 9.74. The van der Waals surface area contributed by atoms with Crippen molar-refractivity contribution in [3.63, 3.8) is 0 Å². The van der Waals surface area contributed by atoms with Gasteiger partial charge in [0, 0.05) is 10.0 Å². The van der Waals surface area contributed by atoms with Gasteiger partial charge in [0.05, 0.1) is 5.41 Å². The number of rotatable bonds is 2. The van der Waals surface area contributed by atoms with E-state index in [9.17, 15) is 9.90 Å². The van der Waals surface area contributed by atoms with Crippen LogP contribution in [0, 0.1) is 0 Å². The minimum Gasteiger partial charge on any atom is -0.481 e. The maximum atomic E-state index is 11.8. The molecule has 0 amide bonds. The van der Waals surface area contributed by atoms with Gasteiger partial charge in [-0.25, -0.2) is 0 Å². The fraction of sp³-hybridized carbons (Fsp3) is 0.500. The molecule has 1 aliphatic rings. The van der Waals surface area contributed by atoms with E-state index in [0.29, 0.717) is 28.5 Å². The maximum absolute atomic E-state index is 11.8. The first-order chi connectivity index (χ1) is 8.56. The van der Waals surface area contributed by atoms with E-state index in [4.69, 9.17) is 23.2 Å². The van der Waals surface area contributed by atoms with Crippen LogP contribution < -0.4 is 0 Å². The Morgan fingerprint density at radius 1 is 1.11 bits per heavy atom. The van der Waals surface area contributed by atoms with E-state index in [-0.39, 0.29) is 0 Å². The molecule has 0 saturated heterocycles. The third-order valence-corrected chi connectivity index (χ3v) is 4.36. The molecule has 0 spiro atoms. The lowest BCUT2D eigenvalue weighted by Crippen LogP contribution is -2.35. The Morgan fingerprint density at radius 2 is 1.72 bits per heavy atom. The Morgan fingerprint density at radius 3 is 2.22 bits per heavy atom. The van der Waals surface area contributed by atoms with Crippen molar-refractivity contribution in [3.05, 3.63) is 33.8 Å². The lowest BCUT2D eigenvalue weighted by Gasteiger charge is -2.29. The summed E-state index contributed by atoms with van der Waals surface area (Å²) >= 11 is 12.1. The zero-order valence-corrected chi connectivity index (χ0v) is 11.6. The molecule has 0 unspecified atom stereocenters. The van der Waals surface area contributed by atoms with Crippen molar-refractivity contribution in [2.24, 2.45) is 0 Å². The fourth-order valence-electron chi connectivity index (χ4n) is 2.81. The number of halogens is 2. The summed E-state index contributed by atoms with van der Waals surface area (Å²) in [5.74, 6) is -0.770. The van der Waals surface area contributed by atoms with E-state index in [1.807, 2.05) is 0 Å². The average Bonchev–Trinajstić information content (AvgIpc) is 2.55. The standard InChI is InChI=1S/C14H16Cl2O2/c15-10-5-6-11(12(16)9-10)14(13(17)18)7-3-1-2-4-8-14/h5-6,9H,1-4,7-8H2,(H,17,18). The number of aliphatic carboxylic acids is 1. The Bertz CT molecular complexity index is 449. The molecule has 18 heavy (non-hydrogen) atoms. The molecule has 0 bridgehead atoms. The molecule has 0 aliphatic heterocycles. The van der Waals surface area contributed by atoms with E-state index >= 15 is 0 Å². The van der Waals surface area contributed by atoms with Gasteiger partial charge in [-0.3, -0.25) is 4.79 Å². The van der Waals surface area contributed by atoms with Gasteiger partial charge in [0.15, 0.2) is 0 Å². The molecular formula is C14H16Cl2O2. The molecule has 0 aromatic heterocycles. The van der Waals surface area contributed by atoms with Crippen molar-refractivity contribution in [1.29, 1.82) is 0 Å². The molecule has 4 heteroatoms. The first-order valence-corrected chi connectivity index (χ1v) is 7.01. The first kappa shape index (κ1) is 13.7. The van der Waals surface area contributed by atoms with Crippen LogP contribution in [0.2, 0.25) is 10.0 Å². The molecule has 1 N–H and O–H groups in total. The van der Waals surface area contributed by atoms with Gasteiger partial charge in [-0.2, -0.15) is 0 Å². The van der Waals surface area contributed by atoms with Gasteiger partial charge in [-0.1, -0.05) is 55.0 Å². The molecule has 1 fully saturated rings. The number of hydrogen-bond donors (Lipinski definition) is 1. The molecular weight excluding hydrogens is 271 g/mol. The molecule has 1 aromatic carbocycles. The van der Waals surface area contributed by atoms with Crippen LogP contribution in [0.5, 0.6) is 0 Å². The van der Waals surface area contributed by atoms with Crippen molar-refractivity contribution in [2.75, 3.05) is 0 Å². The van der Waals surface area contributed by atoms with E-state index in [1.54, 1.807) is 18.2 Å². The molecule has 2 nitrogen and oxygen atoms in total. The van der Waals surface area contributed by atoms with Crippen LogP contribution in [-0.2, 0) is 10.2 Å². The van der Waals surface area contributed by atoms with Crippen molar-refractivity contribution in [2.45, 2.75) is 43.9 Å². The Labute approximate surface area is 117 Å². The molecule has 1 aromatic rings. The molecule has 98 valence electrons. The maximum Gasteiger partial charge on any atom is 0.314 e. The van der Waals surface area contributed by atoms with Gasteiger partial charge < -0.3 is 5.11 Å². The van der Waals surface area contributed by atoms with Crippen LogP contribution in [0.25, 0.3) is 0 Å². The number of carboxylic acids is 1. The van der Waals surface area contributed by atoms with Crippen molar-refractivity contribution in [3.8, 4) is 0 Å². The van der Waals surface area contributed by atoms with Crippen LogP contribution >= 0.6 is 23.2 Å². The third-order valence-electron chi connectivity index (χ3n) is 3.81. The second-order valence-corrected chi connectivity index (χ2v) is 5.77. The van der Waals surface area contributed by atoms with E-state index in [1.165, 1.54) is 0 Å². The highest BCUT2D eigenvalue weighted by Crippen LogP contribution is 2.42. The molecule has 0 atom stereocenters. The highest BCUT2D eigenvalue weighted by Gasteiger charge is 2.41. The Hall–Kier alpha value is -0.730. The van der Waals surface area contributed by atoms with Gasteiger partial charge >= 0.3 is 5.97 Å². The monoisotopic (exact) mass is 286 g/mol. The summed E-state index contributed by atoms with van der Waals surface area (Å²) in [6, 6.07) is 5.12. The summed E-state index contributed by atoms with van der Waals surface area (Å²) in [5.41, 5.74) is -0.124. The second-order valence-electron chi connectivity index (χ2n) is 4.93. The van der Waals surface area contributed by atoms with Gasteiger partial charge in [0.1, 0.15) is 0 Å². The van der Waals surface area contributed by atoms with Crippen LogP contribution in [0.4, 0.5) is 0 Å². The summed E-state index contributed by atoms with van der Waals surface area (Å²) < 4.78 is 0. The number of carbonyl (C=O) groups is 1. The van der Waals surface area contributed by atoms with Crippen molar-refractivity contribution in [1.82, 2.24) is 0 Å². The van der Waals surface area contributed by atoms with Crippen molar-refractivity contribution >= 4 is 29.2 Å². The van der Waals surface area contributed by atoms with Crippen LogP contribution in [0.1, 0.15) is 44.1 Å².